The molecule has 2 nitrogen and oxygen atoms in total. The first-order chi connectivity index (χ1) is 6.42. The second-order valence-corrected chi connectivity index (χ2v) is 2.63. The van der Waals surface area contributed by atoms with E-state index in [2.05, 4.69) is 6.07 Å². The molecule has 0 saturated heterocycles. The van der Waals surface area contributed by atoms with Gasteiger partial charge in [0.15, 0.2) is 0 Å². The van der Waals surface area contributed by atoms with Crippen molar-refractivity contribution >= 4 is 0 Å². The smallest absolute Gasteiger partial charge is 0.135 e. The van der Waals surface area contributed by atoms with Gasteiger partial charge in [-0.15, -0.1) is 0 Å². The van der Waals surface area contributed by atoms with Gasteiger partial charge in [-0.25, -0.2) is 0 Å². The van der Waals surface area contributed by atoms with E-state index in [1.54, 1.807) is 12.3 Å². The molecule has 0 N–H and O–H groups in total. The first kappa shape index (κ1) is 7.63. The summed E-state index contributed by atoms with van der Waals surface area (Å²) in [6.07, 6.45) is 1.60. The van der Waals surface area contributed by atoms with E-state index in [0.717, 1.165) is 11.3 Å². The van der Waals surface area contributed by atoms with Gasteiger partial charge in [-0.2, -0.15) is 5.26 Å². The molecule has 0 aliphatic heterocycles. The number of furan rings is 1. The maximum atomic E-state index is 8.83. The molecule has 1 aromatic heterocycles. The predicted molar refractivity (Wildman–Crippen MR) is 48.9 cm³/mol. The Hall–Kier alpha value is -2.01. The van der Waals surface area contributed by atoms with Crippen LogP contribution < -0.4 is 0 Å². The highest BCUT2D eigenvalue weighted by Crippen LogP contribution is 2.22. The topological polar surface area (TPSA) is 36.9 Å². The molecule has 0 unspecified atom stereocenters. The number of nitrogens with zero attached hydrogens (tertiary/aromatic N) is 1. The Labute approximate surface area is 76.0 Å². The van der Waals surface area contributed by atoms with Gasteiger partial charge in [0, 0.05) is 5.56 Å². The van der Waals surface area contributed by atoms with Crippen LogP contribution in [0.4, 0.5) is 0 Å². The molecule has 1 heterocycles. The molecule has 0 aliphatic carbocycles. The third-order valence-corrected chi connectivity index (χ3v) is 1.83. The molecule has 0 saturated carbocycles. The number of hydrogen-bond donors (Lipinski definition) is 0. The van der Waals surface area contributed by atoms with Crippen LogP contribution in [0.15, 0.2) is 47.1 Å². The Morgan fingerprint density at radius 2 is 1.92 bits per heavy atom. The highest BCUT2D eigenvalue weighted by molar-refractivity contribution is 5.65. The van der Waals surface area contributed by atoms with Crippen LogP contribution in [0, 0.1) is 11.3 Å². The quantitative estimate of drug-likeness (QED) is 0.658. The molecule has 0 spiro atoms. The summed E-state index contributed by atoms with van der Waals surface area (Å²) in [5, 5.41) is 8.83. The van der Waals surface area contributed by atoms with Crippen molar-refractivity contribution in [3.63, 3.8) is 0 Å². The van der Waals surface area contributed by atoms with Crippen molar-refractivity contribution in [3.8, 4) is 17.4 Å². The Morgan fingerprint density at radius 3 is 2.62 bits per heavy atom. The van der Waals surface area contributed by atoms with Gasteiger partial charge in [0.25, 0.3) is 0 Å². The number of hydrogen-bond acceptors (Lipinski definition) is 2. The SMILES string of the molecule is N#Cc1ccccc1-c1ccco1. The van der Waals surface area contributed by atoms with Crippen LogP contribution in [-0.4, -0.2) is 0 Å². The molecule has 0 bridgehead atoms. The lowest BCUT2D eigenvalue weighted by Gasteiger charge is -1.97. The monoisotopic (exact) mass is 169 g/mol. The molecule has 2 aromatic rings. The van der Waals surface area contributed by atoms with Crippen molar-refractivity contribution in [2.24, 2.45) is 0 Å². The minimum absolute atomic E-state index is 0.637. The molecule has 0 aliphatic rings. The predicted octanol–water partition coefficient (Wildman–Crippen LogP) is 2.82. The van der Waals surface area contributed by atoms with Gasteiger partial charge in [-0.1, -0.05) is 12.1 Å². The zero-order valence-electron chi connectivity index (χ0n) is 6.90. The fourth-order valence-electron chi connectivity index (χ4n) is 1.23. The van der Waals surface area contributed by atoms with Crippen LogP contribution in [0.1, 0.15) is 5.56 Å². The Morgan fingerprint density at radius 1 is 1.08 bits per heavy atom. The zero-order chi connectivity index (χ0) is 9.10. The van der Waals surface area contributed by atoms with Crippen LogP contribution in [0.5, 0.6) is 0 Å². The summed E-state index contributed by atoms with van der Waals surface area (Å²) in [5.41, 5.74) is 1.48. The Bertz CT molecular complexity index is 437. The van der Waals surface area contributed by atoms with Crippen molar-refractivity contribution in [2.45, 2.75) is 0 Å². The van der Waals surface area contributed by atoms with Gasteiger partial charge >= 0.3 is 0 Å². The Balaban J connectivity index is 2.59. The van der Waals surface area contributed by atoms with E-state index < -0.39 is 0 Å². The third kappa shape index (κ3) is 1.32. The fraction of sp³-hybridized carbons (Fsp3) is 0. The molecule has 2 heteroatoms. The number of rotatable bonds is 1. The highest BCUT2D eigenvalue weighted by Gasteiger charge is 2.04. The molecule has 13 heavy (non-hydrogen) atoms. The first-order valence-electron chi connectivity index (χ1n) is 3.95. The van der Waals surface area contributed by atoms with E-state index in [0.29, 0.717) is 5.56 Å². The van der Waals surface area contributed by atoms with Crippen LogP contribution in [-0.2, 0) is 0 Å². The lowest BCUT2D eigenvalue weighted by Crippen LogP contribution is -1.80. The summed E-state index contributed by atoms with van der Waals surface area (Å²) in [4.78, 5) is 0. The lowest BCUT2D eigenvalue weighted by molar-refractivity contribution is 0.582. The molecule has 0 amide bonds. The van der Waals surface area contributed by atoms with Gasteiger partial charge in [-0.3, -0.25) is 0 Å². The molecular weight excluding hydrogens is 162 g/mol. The molecule has 62 valence electrons. The zero-order valence-corrected chi connectivity index (χ0v) is 6.90. The second kappa shape index (κ2) is 3.16. The minimum Gasteiger partial charge on any atom is -0.464 e. The van der Waals surface area contributed by atoms with Gasteiger partial charge in [-0.05, 0) is 24.3 Å². The van der Waals surface area contributed by atoms with E-state index in [4.69, 9.17) is 9.68 Å². The standard InChI is InChI=1S/C11H7NO/c12-8-9-4-1-2-5-10(9)11-6-3-7-13-11/h1-7H. The van der Waals surface area contributed by atoms with Crippen LogP contribution in [0.2, 0.25) is 0 Å². The second-order valence-electron chi connectivity index (χ2n) is 2.63. The summed E-state index contributed by atoms with van der Waals surface area (Å²) in [6, 6.07) is 13.2. The van der Waals surface area contributed by atoms with E-state index >= 15 is 0 Å². The maximum absolute atomic E-state index is 8.83. The van der Waals surface area contributed by atoms with Crippen LogP contribution in [0.3, 0.4) is 0 Å². The summed E-state index contributed by atoms with van der Waals surface area (Å²) in [6.45, 7) is 0. The van der Waals surface area contributed by atoms with Crippen LogP contribution >= 0.6 is 0 Å². The molecule has 0 radical (unpaired) electrons. The molecule has 2 rings (SSSR count). The molecule has 1 aromatic carbocycles. The molecule has 0 atom stereocenters. The third-order valence-electron chi connectivity index (χ3n) is 1.83. The first-order valence-corrected chi connectivity index (χ1v) is 3.95. The van der Waals surface area contributed by atoms with E-state index in [-0.39, 0.29) is 0 Å². The van der Waals surface area contributed by atoms with Crippen molar-refractivity contribution < 1.29 is 4.42 Å². The summed E-state index contributed by atoms with van der Waals surface area (Å²) >= 11 is 0. The van der Waals surface area contributed by atoms with Gasteiger partial charge in [0.2, 0.25) is 0 Å². The van der Waals surface area contributed by atoms with Crippen molar-refractivity contribution in [1.29, 1.82) is 5.26 Å². The average Bonchev–Trinajstić information content (AvgIpc) is 2.70. The summed E-state index contributed by atoms with van der Waals surface area (Å²) in [7, 11) is 0. The molecule has 0 fully saturated rings. The Kier molecular flexibility index (Phi) is 1.85. The average molecular weight is 169 g/mol. The van der Waals surface area contributed by atoms with Gasteiger partial charge in [0.05, 0.1) is 17.9 Å². The van der Waals surface area contributed by atoms with Crippen molar-refractivity contribution in [3.05, 3.63) is 48.2 Å². The lowest BCUT2D eigenvalue weighted by atomic mass is 10.1. The van der Waals surface area contributed by atoms with Crippen LogP contribution in [0.25, 0.3) is 11.3 Å². The summed E-state index contributed by atoms with van der Waals surface area (Å²) < 4.78 is 5.21. The molecular formula is C11H7NO. The summed E-state index contributed by atoms with van der Waals surface area (Å²) in [5.74, 6) is 0.733. The van der Waals surface area contributed by atoms with Gasteiger partial charge < -0.3 is 4.42 Å². The van der Waals surface area contributed by atoms with Crippen molar-refractivity contribution in [2.75, 3.05) is 0 Å². The van der Waals surface area contributed by atoms with E-state index in [9.17, 15) is 0 Å². The minimum atomic E-state index is 0.637. The van der Waals surface area contributed by atoms with E-state index in [1.165, 1.54) is 0 Å². The largest absolute Gasteiger partial charge is 0.464 e. The number of nitriles is 1. The maximum Gasteiger partial charge on any atom is 0.135 e. The number of benzene rings is 1. The highest BCUT2D eigenvalue weighted by atomic mass is 16.3. The van der Waals surface area contributed by atoms with Gasteiger partial charge in [0.1, 0.15) is 5.76 Å². The fourth-order valence-corrected chi connectivity index (χ4v) is 1.23. The van der Waals surface area contributed by atoms with Crippen molar-refractivity contribution in [1.82, 2.24) is 0 Å². The normalized spacial score (nSPS) is 9.46. The van der Waals surface area contributed by atoms with E-state index in [1.807, 2.05) is 30.3 Å².